The van der Waals surface area contributed by atoms with E-state index in [0.29, 0.717) is 6.42 Å². The van der Waals surface area contributed by atoms with E-state index in [4.69, 9.17) is 10.8 Å². The predicted octanol–water partition coefficient (Wildman–Crippen LogP) is 0.610. The smallest absolute Gasteiger partial charge is 0.320 e. The fourth-order valence-corrected chi connectivity index (χ4v) is 1.32. The molecule has 0 amide bonds. The minimum Gasteiger partial charge on any atom is -0.480 e. The fraction of sp³-hybridized carbons (Fsp3) is 0.500. The number of rotatable bonds is 3. The molecule has 0 spiro atoms. The molecular weight excluding hydrogens is 180 g/mol. The quantitative estimate of drug-likeness (QED) is 0.578. The summed E-state index contributed by atoms with van der Waals surface area (Å²) in [7, 11) is 0. The molecule has 4 heteroatoms. The molecule has 0 aliphatic heterocycles. The van der Waals surface area contributed by atoms with Crippen LogP contribution < -0.4 is 11.1 Å². The second-order valence-electron chi connectivity index (χ2n) is 3.73. The summed E-state index contributed by atoms with van der Waals surface area (Å²) in [5, 5.41) is 11.6. The van der Waals surface area contributed by atoms with Gasteiger partial charge in [0, 0.05) is 6.42 Å². The average Bonchev–Trinajstić information content (AvgIpc) is 2.10. The minimum atomic E-state index is -0.894. The zero-order chi connectivity index (χ0) is 10.8. The summed E-state index contributed by atoms with van der Waals surface area (Å²) in [6.07, 6.45) is 6.31. The minimum absolute atomic E-state index is 0.618. The molecule has 0 fully saturated rings. The van der Waals surface area contributed by atoms with Crippen molar-refractivity contribution in [3.8, 4) is 0 Å². The van der Waals surface area contributed by atoms with Crippen molar-refractivity contribution in [3.63, 3.8) is 0 Å². The summed E-state index contributed by atoms with van der Waals surface area (Å²) in [5.41, 5.74) is 6.38. The molecule has 1 aliphatic carbocycles. The summed E-state index contributed by atoms with van der Waals surface area (Å²) < 4.78 is 0. The number of carboxylic acids is 1. The molecule has 1 unspecified atom stereocenters. The van der Waals surface area contributed by atoms with Crippen LogP contribution in [-0.4, -0.2) is 22.8 Å². The van der Waals surface area contributed by atoms with Gasteiger partial charge < -0.3 is 10.8 Å². The zero-order valence-corrected chi connectivity index (χ0v) is 8.45. The van der Waals surface area contributed by atoms with E-state index in [1.54, 1.807) is 6.92 Å². The van der Waals surface area contributed by atoms with Gasteiger partial charge in [0.15, 0.2) is 0 Å². The lowest BCUT2D eigenvalue weighted by atomic mass is 9.97. The number of aliphatic carboxylic acids is 1. The number of hydrogen-bond donors (Lipinski definition) is 3. The van der Waals surface area contributed by atoms with Gasteiger partial charge in [-0.2, -0.15) is 0 Å². The monoisotopic (exact) mass is 196 g/mol. The van der Waals surface area contributed by atoms with Crippen LogP contribution in [-0.2, 0) is 4.79 Å². The summed E-state index contributed by atoms with van der Waals surface area (Å²) >= 11 is 0. The second-order valence-corrected chi connectivity index (χ2v) is 3.73. The molecule has 78 valence electrons. The standard InChI is InChI=1S/C10H16N2O2/c1-7-3-5-10(11,6-4-7)12-8(2)9(13)14/h3-5,8,12H,6,11H2,1-2H3,(H,13,14)/t8-,10?/m0/s1. The third-order valence-corrected chi connectivity index (χ3v) is 2.26. The highest BCUT2D eigenvalue weighted by Crippen LogP contribution is 2.16. The third kappa shape index (κ3) is 2.68. The van der Waals surface area contributed by atoms with E-state index < -0.39 is 17.7 Å². The molecule has 0 saturated carbocycles. The molecule has 4 nitrogen and oxygen atoms in total. The molecule has 4 N–H and O–H groups in total. The van der Waals surface area contributed by atoms with Gasteiger partial charge in [0.2, 0.25) is 0 Å². The van der Waals surface area contributed by atoms with Crippen LogP contribution in [0, 0.1) is 0 Å². The Bertz CT molecular complexity index is 296. The largest absolute Gasteiger partial charge is 0.480 e. The Morgan fingerprint density at radius 3 is 2.86 bits per heavy atom. The fourth-order valence-electron chi connectivity index (χ4n) is 1.32. The van der Waals surface area contributed by atoms with Gasteiger partial charge in [0.25, 0.3) is 0 Å². The first-order chi connectivity index (χ1) is 6.43. The van der Waals surface area contributed by atoms with E-state index in [9.17, 15) is 4.79 Å². The number of carboxylic acid groups (broad SMARTS) is 1. The number of nitrogens with one attached hydrogen (secondary N) is 1. The van der Waals surface area contributed by atoms with Crippen LogP contribution in [0.3, 0.4) is 0 Å². The van der Waals surface area contributed by atoms with E-state index in [1.807, 2.05) is 25.2 Å². The van der Waals surface area contributed by atoms with Crippen molar-refractivity contribution >= 4 is 5.97 Å². The number of hydrogen-bond acceptors (Lipinski definition) is 3. The van der Waals surface area contributed by atoms with E-state index in [2.05, 4.69) is 5.32 Å². The summed E-state index contributed by atoms with van der Waals surface area (Å²) in [4.78, 5) is 10.6. The van der Waals surface area contributed by atoms with Crippen molar-refractivity contribution in [2.75, 3.05) is 0 Å². The van der Waals surface area contributed by atoms with Gasteiger partial charge in [-0.1, -0.05) is 17.7 Å². The highest BCUT2D eigenvalue weighted by atomic mass is 16.4. The molecule has 2 atom stereocenters. The highest BCUT2D eigenvalue weighted by molar-refractivity contribution is 5.73. The van der Waals surface area contributed by atoms with Gasteiger partial charge in [-0.15, -0.1) is 0 Å². The predicted molar refractivity (Wildman–Crippen MR) is 54.7 cm³/mol. The summed E-state index contributed by atoms with van der Waals surface area (Å²) in [6, 6.07) is -0.642. The Labute approximate surface area is 83.5 Å². The van der Waals surface area contributed by atoms with Gasteiger partial charge in [-0.05, 0) is 19.9 Å². The van der Waals surface area contributed by atoms with Crippen LogP contribution in [0.2, 0.25) is 0 Å². The van der Waals surface area contributed by atoms with Crippen molar-refractivity contribution in [2.45, 2.75) is 32.0 Å². The molecule has 0 radical (unpaired) electrons. The molecule has 0 aromatic carbocycles. The normalized spacial score (nSPS) is 28.4. The Hall–Kier alpha value is -1.13. The van der Waals surface area contributed by atoms with Gasteiger partial charge in [0.1, 0.15) is 6.04 Å². The zero-order valence-electron chi connectivity index (χ0n) is 8.45. The number of nitrogens with two attached hydrogens (primary N) is 1. The first-order valence-electron chi connectivity index (χ1n) is 4.58. The molecule has 0 heterocycles. The molecule has 0 aromatic rings. The van der Waals surface area contributed by atoms with E-state index in [-0.39, 0.29) is 0 Å². The molecule has 1 rings (SSSR count). The van der Waals surface area contributed by atoms with Crippen molar-refractivity contribution < 1.29 is 9.90 Å². The molecule has 0 aromatic heterocycles. The second kappa shape index (κ2) is 3.94. The van der Waals surface area contributed by atoms with Gasteiger partial charge in [-0.3, -0.25) is 10.1 Å². The molecule has 1 aliphatic rings. The van der Waals surface area contributed by atoms with Crippen LogP contribution >= 0.6 is 0 Å². The lowest BCUT2D eigenvalue weighted by Gasteiger charge is -2.30. The number of carbonyl (C=O) groups is 1. The Morgan fingerprint density at radius 2 is 2.43 bits per heavy atom. The van der Waals surface area contributed by atoms with Crippen LogP contribution in [0.15, 0.2) is 23.8 Å². The first-order valence-corrected chi connectivity index (χ1v) is 4.58. The van der Waals surface area contributed by atoms with E-state index in [0.717, 1.165) is 5.57 Å². The summed E-state index contributed by atoms with van der Waals surface area (Å²) in [5.74, 6) is -0.894. The molecule has 0 bridgehead atoms. The molecule has 0 saturated heterocycles. The van der Waals surface area contributed by atoms with Gasteiger partial charge in [-0.25, -0.2) is 0 Å². The van der Waals surface area contributed by atoms with Crippen molar-refractivity contribution in [3.05, 3.63) is 23.8 Å². The SMILES string of the molecule is CC1=CCC(N)(N[C@@H](C)C(=O)O)C=C1. The maximum Gasteiger partial charge on any atom is 0.320 e. The molecular formula is C10H16N2O2. The molecule has 14 heavy (non-hydrogen) atoms. The van der Waals surface area contributed by atoms with Gasteiger partial charge in [0.05, 0.1) is 5.66 Å². The van der Waals surface area contributed by atoms with Crippen LogP contribution in [0.5, 0.6) is 0 Å². The third-order valence-electron chi connectivity index (χ3n) is 2.26. The van der Waals surface area contributed by atoms with Crippen molar-refractivity contribution in [1.82, 2.24) is 5.32 Å². The van der Waals surface area contributed by atoms with E-state index >= 15 is 0 Å². The summed E-state index contributed by atoms with van der Waals surface area (Å²) in [6.45, 7) is 3.56. The van der Waals surface area contributed by atoms with Crippen LogP contribution in [0.1, 0.15) is 20.3 Å². The Morgan fingerprint density at radius 1 is 1.79 bits per heavy atom. The highest BCUT2D eigenvalue weighted by Gasteiger charge is 2.26. The Kier molecular flexibility index (Phi) is 3.08. The van der Waals surface area contributed by atoms with Crippen LogP contribution in [0.4, 0.5) is 0 Å². The van der Waals surface area contributed by atoms with E-state index in [1.165, 1.54) is 0 Å². The lowest BCUT2D eigenvalue weighted by Crippen LogP contribution is -2.57. The number of allylic oxidation sites excluding steroid dienone is 2. The topological polar surface area (TPSA) is 75.3 Å². The Balaban J connectivity index is 2.61. The maximum absolute atomic E-state index is 10.6. The first kappa shape index (κ1) is 10.9. The van der Waals surface area contributed by atoms with Crippen LogP contribution in [0.25, 0.3) is 0 Å². The maximum atomic E-state index is 10.6. The average molecular weight is 196 g/mol. The van der Waals surface area contributed by atoms with Crippen molar-refractivity contribution in [1.29, 1.82) is 0 Å². The lowest BCUT2D eigenvalue weighted by molar-refractivity contribution is -0.139. The van der Waals surface area contributed by atoms with Crippen molar-refractivity contribution in [2.24, 2.45) is 5.73 Å². The van der Waals surface area contributed by atoms with Gasteiger partial charge >= 0.3 is 5.97 Å².